The monoisotopic (exact) mass is 441 g/mol. The largest absolute Gasteiger partial charge is 0.370 e. The lowest BCUT2D eigenvalue weighted by molar-refractivity contribution is -0.118. The molecule has 28 heavy (non-hydrogen) atoms. The highest BCUT2D eigenvalue weighted by Gasteiger charge is 2.19. The molecule has 0 aliphatic heterocycles. The molecular weight excluding hydrogens is 428 g/mol. The maximum atomic E-state index is 13.2. The Hall–Kier alpha value is -2.36. The van der Waals surface area contributed by atoms with Gasteiger partial charge in [0.05, 0.1) is 15.8 Å². The van der Waals surface area contributed by atoms with Crippen LogP contribution >= 0.6 is 35.0 Å². The first-order chi connectivity index (χ1) is 13.3. The zero-order chi connectivity index (χ0) is 20.3. The number of nitrogens with two attached hydrogens (primary N) is 1. The molecule has 2 heterocycles. The van der Waals surface area contributed by atoms with E-state index in [2.05, 4.69) is 10.2 Å². The molecular formula is C17H14Cl2FN5O2S. The van der Waals surface area contributed by atoms with Gasteiger partial charge in [-0.2, -0.15) is 0 Å². The molecule has 0 bridgehead atoms. The summed E-state index contributed by atoms with van der Waals surface area (Å²) in [6, 6.07) is 6.95. The standard InChI is InChI=1S/C17H14Cl2FN5O2S/c18-10-7-13(19)16-22-23-17(25(16)8-10)28-9-15(27)24(6-5-14(21)26)12-3-1-11(20)2-4-12/h1-4,7-8H,5-6,9H2,(H2,21,26). The number of anilines is 1. The molecule has 0 saturated heterocycles. The van der Waals surface area contributed by atoms with Gasteiger partial charge in [0.15, 0.2) is 10.8 Å². The quantitative estimate of drug-likeness (QED) is 0.568. The summed E-state index contributed by atoms with van der Waals surface area (Å²) < 4.78 is 14.8. The van der Waals surface area contributed by atoms with Crippen LogP contribution < -0.4 is 10.6 Å². The molecule has 2 amide bonds. The van der Waals surface area contributed by atoms with Crippen LogP contribution in [0.15, 0.2) is 41.7 Å². The molecule has 0 fully saturated rings. The minimum atomic E-state index is -0.541. The van der Waals surface area contributed by atoms with Crippen LogP contribution in [0.25, 0.3) is 5.65 Å². The molecule has 2 aromatic heterocycles. The second-order valence-corrected chi connectivity index (χ2v) is 7.50. The van der Waals surface area contributed by atoms with Crippen molar-refractivity contribution in [1.29, 1.82) is 0 Å². The summed E-state index contributed by atoms with van der Waals surface area (Å²) in [5.74, 6) is -1.27. The fourth-order valence-corrected chi connectivity index (χ4v) is 3.74. The number of benzene rings is 1. The molecule has 0 saturated carbocycles. The van der Waals surface area contributed by atoms with E-state index < -0.39 is 11.7 Å². The zero-order valence-corrected chi connectivity index (χ0v) is 16.6. The van der Waals surface area contributed by atoms with E-state index in [9.17, 15) is 14.0 Å². The average molecular weight is 442 g/mol. The zero-order valence-electron chi connectivity index (χ0n) is 14.3. The van der Waals surface area contributed by atoms with Crippen molar-refractivity contribution in [3.05, 3.63) is 52.4 Å². The lowest BCUT2D eigenvalue weighted by Crippen LogP contribution is -2.35. The van der Waals surface area contributed by atoms with Crippen LogP contribution in [0, 0.1) is 5.82 Å². The number of aromatic nitrogens is 3. The van der Waals surface area contributed by atoms with E-state index in [1.165, 1.54) is 29.2 Å². The van der Waals surface area contributed by atoms with E-state index in [-0.39, 0.29) is 24.6 Å². The van der Waals surface area contributed by atoms with Crippen molar-refractivity contribution in [3.63, 3.8) is 0 Å². The van der Waals surface area contributed by atoms with Crippen LogP contribution in [0.1, 0.15) is 6.42 Å². The number of hydrogen-bond donors (Lipinski definition) is 1. The lowest BCUT2D eigenvalue weighted by Gasteiger charge is -2.22. The number of pyridine rings is 1. The molecule has 2 N–H and O–H groups in total. The highest BCUT2D eigenvalue weighted by molar-refractivity contribution is 7.99. The van der Waals surface area contributed by atoms with Crippen molar-refractivity contribution in [1.82, 2.24) is 14.6 Å². The number of carbonyl (C=O) groups excluding carboxylic acids is 2. The Bertz CT molecular complexity index is 1030. The average Bonchev–Trinajstić information content (AvgIpc) is 3.04. The van der Waals surface area contributed by atoms with Gasteiger partial charge in [-0.3, -0.25) is 14.0 Å². The highest BCUT2D eigenvalue weighted by Crippen LogP contribution is 2.26. The Labute approximate surface area is 173 Å². The Morgan fingerprint density at radius 1 is 1.21 bits per heavy atom. The fourth-order valence-electron chi connectivity index (χ4n) is 2.45. The van der Waals surface area contributed by atoms with Gasteiger partial charge in [0, 0.05) is 24.8 Å². The van der Waals surface area contributed by atoms with E-state index in [4.69, 9.17) is 28.9 Å². The number of nitrogens with zero attached hydrogens (tertiary/aromatic N) is 4. The van der Waals surface area contributed by atoms with Crippen LogP contribution in [0.3, 0.4) is 0 Å². The van der Waals surface area contributed by atoms with Gasteiger partial charge in [0.2, 0.25) is 11.8 Å². The van der Waals surface area contributed by atoms with E-state index >= 15 is 0 Å². The summed E-state index contributed by atoms with van der Waals surface area (Å²) >= 11 is 13.2. The van der Waals surface area contributed by atoms with Crippen molar-refractivity contribution in [3.8, 4) is 0 Å². The van der Waals surface area contributed by atoms with Gasteiger partial charge in [-0.15, -0.1) is 10.2 Å². The number of hydrogen-bond acceptors (Lipinski definition) is 5. The van der Waals surface area contributed by atoms with Gasteiger partial charge in [0.25, 0.3) is 0 Å². The maximum absolute atomic E-state index is 13.2. The Kier molecular flexibility index (Phi) is 6.38. The summed E-state index contributed by atoms with van der Waals surface area (Å²) in [4.78, 5) is 25.3. The Morgan fingerprint density at radius 3 is 2.61 bits per heavy atom. The van der Waals surface area contributed by atoms with Gasteiger partial charge in [-0.25, -0.2) is 4.39 Å². The summed E-state index contributed by atoms with van der Waals surface area (Å²) in [5.41, 5.74) is 6.08. The second kappa shape index (κ2) is 8.76. The number of halogens is 3. The Morgan fingerprint density at radius 2 is 1.93 bits per heavy atom. The first kappa shape index (κ1) is 20.4. The van der Waals surface area contributed by atoms with Gasteiger partial charge in [-0.1, -0.05) is 35.0 Å². The third-order valence-corrected chi connectivity index (χ3v) is 5.15. The van der Waals surface area contributed by atoms with Crippen LogP contribution in [0.4, 0.5) is 10.1 Å². The molecule has 0 aliphatic carbocycles. The summed E-state index contributed by atoms with van der Waals surface area (Å²) in [6.07, 6.45) is 1.58. The molecule has 7 nitrogen and oxygen atoms in total. The number of primary amides is 1. The fraction of sp³-hybridized carbons (Fsp3) is 0.176. The summed E-state index contributed by atoms with van der Waals surface area (Å²) in [6.45, 7) is 0.0819. The summed E-state index contributed by atoms with van der Waals surface area (Å²) in [5, 5.41) is 9.18. The smallest absolute Gasteiger partial charge is 0.237 e. The van der Waals surface area contributed by atoms with E-state index in [0.717, 1.165) is 11.8 Å². The molecule has 0 unspecified atom stereocenters. The number of carbonyl (C=O) groups is 2. The van der Waals surface area contributed by atoms with Crippen LogP contribution in [0.2, 0.25) is 10.0 Å². The SMILES string of the molecule is NC(=O)CCN(C(=O)CSc1nnc2c(Cl)cc(Cl)cn12)c1ccc(F)cc1. The van der Waals surface area contributed by atoms with E-state index in [1.807, 2.05) is 0 Å². The van der Waals surface area contributed by atoms with Crippen LogP contribution in [-0.2, 0) is 9.59 Å². The van der Waals surface area contributed by atoms with Crippen LogP contribution in [0.5, 0.6) is 0 Å². The molecule has 3 aromatic rings. The molecule has 0 aliphatic rings. The molecule has 1 aromatic carbocycles. The molecule has 11 heteroatoms. The number of thioether (sulfide) groups is 1. The van der Waals surface area contributed by atoms with Crippen LogP contribution in [-0.4, -0.2) is 38.7 Å². The predicted molar refractivity (Wildman–Crippen MR) is 106 cm³/mol. The van der Waals surface area contributed by atoms with E-state index in [1.54, 1.807) is 16.7 Å². The molecule has 0 spiro atoms. The first-order valence-corrected chi connectivity index (χ1v) is 9.76. The van der Waals surface area contributed by atoms with Crippen molar-refractivity contribution in [2.45, 2.75) is 11.6 Å². The van der Waals surface area contributed by atoms with E-state index in [0.29, 0.717) is 26.5 Å². The predicted octanol–water partition coefficient (Wildman–Crippen LogP) is 3.18. The van der Waals surface area contributed by atoms with Gasteiger partial charge >= 0.3 is 0 Å². The van der Waals surface area contributed by atoms with Crippen molar-refractivity contribution in [2.24, 2.45) is 5.73 Å². The Balaban J connectivity index is 1.78. The number of amides is 2. The van der Waals surface area contributed by atoms with Crippen molar-refractivity contribution < 1.29 is 14.0 Å². The molecule has 0 atom stereocenters. The van der Waals surface area contributed by atoms with Gasteiger partial charge in [0.1, 0.15) is 5.82 Å². The third-order valence-electron chi connectivity index (χ3n) is 3.74. The minimum Gasteiger partial charge on any atom is -0.370 e. The van der Waals surface area contributed by atoms with Gasteiger partial charge < -0.3 is 10.6 Å². The number of rotatable bonds is 7. The molecule has 3 rings (SSSR count). The number of fused-ring (bicyclic) bond motifs is 1. The highest BCUT2D eigenvalue weighted by atomic mass is 35.5. The van der Waals surface area contributed by atoms with Crippen molar-refractivity contribution in [2.75, 3.05) is 17.2 Å². The summed E-state index contributed by atoms with van der Waals surface area (Å²) in [7, 11) is 0. The maximum Gasteiger partial charge on any atom is 0.237 e. The molecule has 146 valence electrons. The normalized spacial score (nSPS) is 11.0. The lowest BCUT2D eigenvalue weighted by atomic mass is 10.2. The topological polar surface area (TPSA) is 93.6 Å². The second-order valence-electron chi connectivity index (χ2n) is 5.71. The van der Waals surface area contributed by atoms with Crippen molar-refractivity contribution >= 4 is 58.1 Å². The first-order valence-electron chi connectivity index (χ1n) is 8.02. The van der Waals surface area contributed by atoms with Gasteiger partial charge in [-0.05, 0) is 30.3 Å². The minimum absolute atomic E-state index is 0.00106. The molecule has 0 radical (unpaired) electrons. The third kappa shape index (κ3) is 4.73.